The van der Waals surface area contributed by atoms with Gasteiger partial charge in [-0.05, 0) is 0 Å². The zero-order valence-corrected chi connectivity index (χ0v) is 20.7. The molecule has 27 heavy (non-hydrogen) atoms. The summed E-state index contributed by atoms with van der Waals surface area (Å²) in [6, 6.07) is 0. The number of unbranched alkanes of at least 4 members (excludes halogenated alkanes) is 13. The number of hydrogen-bond donors (Lipinski definition) is 1. The first-order chi connectivity index (χ1) is 12.6. The molecule has 0 bridgehead atoms. The summed E-state index contributed by atoms with van der Waals surface area (Å²) in [5.74, 6) is 0. The fourth-order valence-corrected chi connectivity index (χ4v) is 7.01. The fraction of sp³-hybridized carbons (Fsp3) is 1.00. The molecule has 1 atom stereocenters. The van der Waals surface area contributed by atoms with Gasteiger partial charge in [0.2, 0.25) is 0 Å². The zero-order valence-electron chi connectivity index (χ0n) is 18.9. The van der Waals surface area contributed by atoms with Crippen LogP contribution in [0.4, 0.5) is 0 Å². The van der Waals surface area contributed by atoms with Crippen LogP contribution in [0.3, 0.4) is 0 Å². The van der Waals surface area contributed by atoms with Crippen molar-refractivity contribution in [3.8, 4) is 0 Å². The molecule has 0 saturated carbocycles. The Hall–Kier alpha value is 0.540. The average molecular weight is 427 g/mol. The normalized spacial score (nSPS) is 16.0. The molecule has 0 aliphatic heterocycles. The minimum atomic E-state index is -3.92. The van der Waals surface area contributed by atoms with Crippen LogP contribution in [0.2, 0.25) is 0 Å². The third kappa shape index (κ3) is 18.3. The number of phosphoric acid groups is 1. The van der Waals surface area contributed by atoms with Gasteiger partial charge in [-0.15, -0.1) is 0 Å². The molecule has 0 aromatic rings. The van der Waals surface area contributed by atoms with E-state index in [0.29, 0.717) is 6.61 Å². The molecular weight excluding hydrogens is 378 g/mol. The van der Waals surface area contributed by atoms with Crippen LogP contribution in [0.15, 0.2) is 0 Å². The fourth-order valence-electron chi connectivity index (χ4n) is 2.94. The van der Waals surface area contributed by atoms with Gasteiger partial charge in [0.15, 0.2) is 0 Å². The predicted octanol–water partition coefficient (Wildman–Crippen LogP) is 7.98. The maximum atomic E-state index is 12.1. The molecule has 0 radical (unpaired) electrons. The van der Waals surface area contributed by atoms with E-state index in [1.165, 1.54) is 77.0 Å². The summed E-state index contributed by atoms with van der Waals surface area (Å²) in [5, 5.41) is 0. The van der Waals surface area contributed by atoms with Crippen molar-refractivity contribution in [2.45, 2.75) is 104 Å². The van der Waals surface area contributed by atoms with E-state index >= 15 is 0 Å². The Morgan fingerprint density at radius 2 is 1.07 bits per heavy atom. The molecular formula is C21H48O4P2. The number of rotatable bonds is 19. The Labute approximate surface area is 169 Å². The number of hydrogen-bond acceptors (Lipinski definition) is 3. The summed E-state index contributed by atoms with van der Waals surface area (Å²) in [6.45, 7) is 7.88. The van der Waals surface area contributed by atoms with Crippen LogP contribution in [0.25, 0.3) is 0 Å². The molecule has 0 aromatic carbocycles. The molecule has 0 aliphatic rings. The van der Waals surface area contributed by atoms with Gasteiger partial charge in [0, 0.05) is 0 Å². The van der Waals surface area contributed by atoms with Crippen LogP contribution in [-0.4, -0.2) is 37.7 Å². The molecule has 1 unspecified atom stereocenters. The summed E-state index contributed by atoms with van der Waals surface area (Å²) < 4.78 is 22.7. The second kappa shape index (κ2) is 14.5. The van der Waals surface area contributed by atoms with E-state index in [9.17, 15) is 9.46 Å². The van der Waals surface area contributed by atoms with Crippen LogP contribution in [0.1, 0.15) is 104 Å². The van der Waals surface area contributed by atoms with Crippen molar-refractivity contribution in [3.63, 3.8) is 0 Å². The van der Waals surface area contributed by atoms with Gasteiger partial charge in [0.25, 0.3) is 0 Å². The van der Waals surface area contributed by atoms with Crippen molar-refractivity contribution in [2.24, 2.45) is 0 Å². The van der Waals surface area contributed by atoms with E-state index in [4.69, 9.17) is 8.83 Å². The summed E-state index contributed by atoms with van der Waals surface area (Å²) in [6.07, 6.45) is 18.9. The van der Waals surface area contributed by atoms with Crippen molar-refractivity contribution in [1.82, 2.24) is 0 Å². The Kier molecular flexibility index (Phi) is 14.8. The first-order valence-corrected chi connectivity index (χ1v) is 16.5. The van der Waals surface area contributed by atoms with Crippen molar-refractivity contribution < 1.29 is 18.3 Å². The van der Waals surface area contributed by atoms with Gasteiger partial charge in [-0.25, -0.2) is 0 Å². The second-order valence-corrected chi connectivity index (χ2v) is 17.7. The molecule has 4 nitrogen and oxygen atoms in total. The first kappa shape index (κ1) is 27.5. The molecule has 6 heteroatoms. The third-order valence-corrected chi connectivity index (χ3v) is 11.1. The van der Waals surface area contributed by atoms with Gasteiger partial charge in [0.1, 0.15) is 0 Å². The molecule has 0 rings (SSSR count). The Morgan fingerprint density at radius 3 is 1.44 bits per heavy atom. The van der Waals surface area contributed by atoms with Crippen LogP contribution in [0.5, 0.6) is 0 Å². The monoisotopic (exact) mass is 426 g/mol. The number of phosphoric ester groups is 1. The summed E-state index contributed by atoms with van der Waals surface area (Å²) in [7, 11) is -3.92. The van der Waals surface area contributed by atoms with Gasteiger partial charge in [0.05, 0.1) is 0 Å². The minimum absolute atomic E-state index is 0.308. The van der Waals surface area contributed by atoms with Gasteiger partial charge in [-0.3, -0.25) is 0 Å². The molecule has 1 N–H and O–H groups in total. The van der Waals surface area contributed by atoms with Gasteiger partial charge in [-0.2, -0.15) is 0 Å². The average Bonchev–Trinajstić information content (AvgIpc) is 2.57. The van der Waals surface area contributed by atoms with E-state index in [1.807, 2.05) is 26.9 Å². The molecule has 0 spiro atoms. The van der Waals surface area contributed by atoms with Gasteiger partial charge in [-0.1, -0.05) is 45.4 Å². The van der Waals surface area contributed by atoms with E-state index in [1.54, 1.807) is 0 Å². The van der Waals surface area contributed by atoms with E-state index in [0.717, 1.165) is 19.0 Å². The molecule has 0 saturated heterocycles. The van der Waals surface area contributed by atoms with Crippen molar-refractivity contribution in [2.75, 3.05) is 32.8 Å². The molecule has 0 fully saturated rings. The predicted molar refractivity (Wildman–Crippen MR) is 122 cm³/mol. The Balaban J connectivity index is 3.46. The molecule has 166 valence electrons. The van der Waals surface area contributed by atoms with Crippen molar-refractivity contribution in [1.29, 1.82) is 0 Å². The van der Waals surface area contributed by atoms with Gasteiger partial charge < -0.3 is 0 Å². The van der Waals surface area contributed by atoms with Crippen LogP contribution >= 0.6 is 14.7 Å². The van der Waals surface area contributed by atoms with Crippen LogP contribution < -0.4 is 0 Å². The van der Waals surface area contributed by atoms with Crippen LogP contribution in [-0.2, 0) is 13.4 Å². The molecule has 0 aromatic heterocycles. The summed E-state index contributed by atoms with van der Waals surface area (Å²) >= 11 is 0. The third-order valence-electron chi connectivity index (χ3n) is 5.24. The van der Waals surface area contributed by atoms with Crippen molar-refractivity contribution >= 4 is 14.7 Å². The van der Waals surface area contributed by atoms with Crippen LogP contribution in [0, 0.1) is 0 Å². The topological polar surface area (TPSA) is 55.8 Å². The van der Waals surface area contributed by atoms with Crippen molar-refractivity contribution in [3.05, 3.63) is 0 Å². The van der Waals surface area contributed by atoms with E-state index in [-0.39, 0.29) is 0 Å². The maximum absolute atomic E-state index is 12.1. The molecule has 0 heterocycles. The quantitative estimate of drug-likeness (QED) is 0.168. The van der Waals surface area contributed by atoms with Gasteiger partial charge >= 0.3 is 124 Å². The molecule has 0 amide bonds. The molecule has 0 aliphatic carbocycles. The standard InChI is InChI=1S/C21H48O4P2/c1-6-8-9-10-11-12-13-14-15-16-17-18-19-20-21-24-26(22,23)25-27(3,4,5)7-2/h6-21H2,1-5H3,(H,22,23). The second-order valence-electron chi connectivity index (χ2n) is 9.26. The SMILES string of the molecule is CCCCCCCCCCCCCCCCOP(=O)(O)OP(C)(C)(C)CC. The van der Waals surface area contributed by atoms with E-state index < -0.39 is 14.7 Å². The summed E-state index contributed by atoms with van der Waals surface area (Å²) in [5.41, 5.74) is 0. The van der Waals surface area contributed by atoms with E-state index in [2.05, 4.69) is 6.92 Å². The Morgan fingerprint density at radius 1 is 0.704 bits per heavy atom. The zero-order chi connectivity index (χ0) is 20.7. The summed E-state index contributed by atoms with van der Waals surface area (Å²) in [4.78, 5) is 9.89. The first-order valence-electron chi connectivity index (χ1n) is 11.3. The Bertz CT molecular complexity index is 405.